The van der Waals surface area contributed by atoms with Gasteiger partial charge < -0.3 is 15.5 Å². The maximum atomic E-state index is 12.8. The summed E-state index contributed by atoms with van der Waals surface area (Å²) >= 11 is 0.626. The molecule has 6 nitrogen and oxygen atoms in total. The summed E-state index contributed by atoms with van der Waals surface area (Å²) in [5.74, 6) is 0.499. The van der Waals surface area contributed by atoms with E-state index in [0.717, 1.165) is 6.07 Å². The molecule has 1 fully saturated rings. The average Bonchev–Trinajstić information content (AvgIpc) is 3.30. The van der Waals surface area contributed by atoms with Crippen LogP contribution in [0.2, 0.25) is 0 Å². The van der Waals surface area contributed by atoms with Crippen molar-refractivity contribution in [2.75, 3.05) is 5.32 Å². The highest BCUT2D eigenvalue weighted by atomic mass is 32.1. The lowest BCUT2D eigenvalue weighted by Gasteiger charge is -2.19. The Kier molecular flexibility index (Phi) is 4.36. The van der Waals surface area contributed by atoms with Crippen LogP contribution < -0.4 is 5.32 Å². The molecule has 1 aliphatic rings. The first-order valence-corrected chi connectivity index (χ1v) is 9.20. The van der Waals surface area contributed by atoms with Crippen molar-refractivity contribution >= 4 is 22.8 Å². The van der Waals surface area contributed by atoms with Gasteiger partial charge in [0.25, 0.3) is 0 Å². The largest absolute Gasteiger partial charge is 0.425 e. The third kappa shape index (κ3) is 3.28. The highest BCUT2D eigenvalue weighted by Gasteiger charge is 2.39. The van der Waals surface area contributed by atoms with Crippen molar-refractivity contribution in [2.24, 2.45) is 5.92 Å². The summed E-state index contributed by atoms with van der Waals surface area (Å²) in [6.45, 7) is 1.86. The third-order valence-corrected chi connectivity index (χ3v) is 5.95. The van der Waals surface area contributed by atoms with Crippen molar-refractivity contribution in [3.8, 4) is 10.6 Å². The number of halogens is 3. The van der Waals surface area contributed by atoms with Gasteiger partial charge in [-0.3, -0.25) is 0 Å². The molecule has 0 bridgehead atoms. The Morgan fingerprint density at radius 1 is 1.22 bits per heavy atom. The second-order valence-electron chi connectivity index (χ2n) is 6.74. The summed E-state index contributed by atoms with van der Waals surface area (Å²) in [5, 5.41) is 27.6. The van der Waals surface area contributed by atoms with E-state index in [1.165, 1.54) is 10.6 Å². The van der Waals surface area contributed by atoms with Gasteiger partial charge in [-0.1, -0.05) is 6.92 Å². The molecule has 0 aliphatic heterocycles. The Balaban J connectivity index is 1.66. The number of aromatic nitrogens is 3. The fourth-order valence-corrected chi connectivity index (χ4v) is 4.17. The number of fused-ring (bicyclic) bond motifs is 1. The Hall–Kier alpha value is -2.17. The molecule has 3 aromatic heterocycles. The van der Waals surface area contributed by atoms with Gasteiger partial charge in [0.05, 0.1) is 17.0 Å². The number of hydrogen-bond donors (Lipinski definition) is 3. The van der Waals surface area contributed by atoms with E-state index >= 15 is 0 Å². The number of rotatable bonds is 3. The molecule has 0 aromatic carbocycles. The van der Waals surface area contributed by atoms with Crippen LogP contribution in [0.25, 0.3) is 16.2 Å². The first-order valence-electron chi connectivity index (χ1n) is 8.39. The molecule has 0 spiro atoms. The predicted molar refractivity (Wildman–Crippen MR) is 94.5 cm³/mol. The molecule has 0 unspecified atom stereocenters. The molecular weight excluding hydrogens is 381 g/mol. The molecule has 3 heterocycles. The van der Waals surface area contributed by atoms with Gasteiger partial charge in [0.2, 0.25) is 0 Å². The summed E-state index contributed by atoms with van der Waals surface area (Å²) in [4.78, 5) is 3.91. The van der Waals surface area contributed by atoms with E-state index in [0.29, 0.717) is 39.8 Å². The van der Waals surface area contributed by atoms with Crippen LogP contribution in [0.3, 0.4) is 0 Å². The molecule has 4 rings (SSSR count). The SMILES string of the molecule is C[C@@H]1C[C@@H](Nc2ccnc3cc(-c4ccc(C(F)(F)F)s4)nn23)[C@H](O)[C@@H]1O. The van der Waals surface area contributed by atoms with Gasteiger partial charge in [-0.2, -0.15) is 22.8 Å². The molecular formula is C17H17F3N4O2S. The van der Waals surface area contributed by atoms with Gasteiger partial charge in [-0.15, -0.1) is 11.3 Å². The van der Waals surface area contributed by atoms with E-state index in [9.17, 15) is 23.4 Å². The highest BCUT2D eigenvalue weighted by molar-refractivity contribution is 7.15. The molecule has 1 saturated carbocycles. The zero-order valence-electron chi connectivity index (χ0n) is 14.2. The van der Waals surface area contributed by atoms with E-state index in [1.54, 1.807) is 18.3 Å². The number of anilines is 1. The van der Waals surface area contributed by atoms with Gasteiger partial charge in [0.15, 0.2) is 5.65 Å². The van der Waals surface area contributed by atoms with Gasteiger partial charge in [0, 0.05) is 12.3 Å². The van der Waals surface area contributed by atoms with Gasteiger partial charge in [-0.25, -0.2) is 4.98 Å². The Labute approximate surface area is 156 Å². The maximum absolute atomic E-state index is 12.8. The first kappa shape index (κ1) is 18.2. The van der Waals surface area contributed by atoms with Crippen molar-refractivity contribution in [3.63, 3.8) is 0 Å². The summed E-state index contributed by atoms with van der Waals surface area (Å²) in [6, 6.07) is 5.35. The van der Waals surface area contributed by atoms with Crippen LogP contribution in [0.5, 0.6) is 0 Å². The van der Waals surface area contributed by atoms with Crippen LogP contribution in [0.15, 0.2) is 30.5 Å². The quantitative estimate of drug-likeness (QED) is 0.632. The van der Waals surface area contributed by atoms with Crippen LogP contribution in [0.4, 0.5) is 19.0 Å². The lowest BCUT2D eigenvalue weighted by molar-refractivity contribution is -0.134. The summed E-state index contributed by atoms with van der Waals surface area (Å²) < 4.78 is 40.0. The highest BCUT2D eigenvalue weighted by Crippen LogP contribution is 2.38. The molecule has 144 valence electrons. The molecule has 0 amide bonds. The second-order valence-corrected chi connectivity index (χ2v) is 7.82. The topological polar surface area (TPSA) is 82.7 Å². The van der Waals surface area contributed by atoms with Crippen LogP contribution in [-0.4, -0.2) is 43.1 Å². The van der Waals surface area contributed by atoms with Crippen LogP contribution in [0.1, 0.15) is 18.2 Å². The number of hydrogen-bond acceptors (Lipinski definition) is 6. The van der Waals surface area contributed by atoms with E-state index in [2.05, 4.69) is 15.4 Å². The van der Waals surface area contributed by atoms with Crippen molar-refractivity contribution in [3.05, 3.63) is 35.3 Å². The molecule has 0 saturated heterocycles. The lowest BCUT2D eigenvalue weighted by atomic mass is 10.1. The summed E-state index contributed by atoms with van der Waals surface area (Å²) in [6.07, 6.45) is -3.96. The van der Waals surface area contributed by atoms with Crippen molar-refractivity contribution in [2.45, 2.75) is 37.8 Å². The minimum absolute atomic E-state index is 0.0464. The lowest BCUT2D eigenvalue weighted by Crippen LogP contribution is -2.35. The number of thiophene rings is 1. The van der Waals surface area contributed by atoms with Gasteiger partial charge in [-0.05, 0) is 30.5 Å². The number of alkyl halides is 3. The molecule has 4 atom stereocenters. The monoisotopic (exact) mass is 398 g/mol. The van der Waals surface area contributed by atoms with E-state index < -0.39 is 23.3 Å². The molecule has 3 N–H and O–H groups in total. The normalized spacial score (nSPS) is 26.0. The first-order chi connectivity index (χ1) is 12.7. The maximum Gasteiger partial charge on any atom is 0.425 e. The minimum atomic E-state index is -4.39. The fraction of sp³-hybridized carbons (Fsp3) is 0.412. The van der Waals surface area contributed by atoms with Gasteiger partial charge in [0.1, 0.15) is 22.5 Å². The summed E-state index contributed by atoms with van der Waals surface area (Å²) in [7, 11) is 0. The van der Waals surface area contributed by atoms with Crippen molar-refractivity contribution in [1.82, 2.24) is 14.6 Å². The Morgan fingerprint density at radius 2 is 2.00 bits per heavy atom. The standard InChI is InChI=1S/C17H17F3N4O2S/c1-8-6-10(16(26)15(8)25)22-13-4-5-21-14-7-9(23-24(13)14)11-2-3-12(27-11)17(18,19)20/h2-5,7-8,10,15-16,22,25-26H,6H2,1H3/t8-,10-,15-,16+/m1/s1. The molecule has 27 heavy (non-hydrogen) atoms. The second kappa shape index (κ2) is 6.47. The van der Waals surface area contributed by atoms with Gasteiger partial charge >= 0.3 is 6.18 Å². The Morgan fingerprint density at radius 3 is 2.63 bits per heavy atom. The summed E-state index contributed by atoms with van der Waals surface area (Å²) in [5.41, 5.74) is 0.857. The van der Waals surface area contributed by atoms with E-state index in [4.69, 9.17) is 0 Å². The molecule has 10 heteroatoms. The molecule has 1 aliphatic carbocycles. The number of aliphatic hydroxyl groups is 2. The number of nitrogens with one attached hydrogen (secondary N) is 1. The van der Waals surface area contributed by atoms with Crippen LogP contribution in [-0.2, 0) is 6.18 Å². The Bertz CT molecular complexity index is 971. The number of nitrogens with zero attached hydrogens (tertiary/aromatic N) is 3. The zero-order chi connectivity index (χ0) is 19.3. The van der Waals surface area contributed by atoms with E-state index in [1.807, 2.05) is 6.92 Å². The predicted octanol–water partition coefficient (Wildman–Crippen LogP) is 3.02. The average molecular weight is 398 g/mol. The fourth-order valence-electron chi connectivity index (χ4n) is 3.34. The molecule has 0 radical (unpaired) electrons. The van der Waals surface area contributed by atoms with Crippen molar-refractivity contribution in [1.29, 1.82) is 0 Å². The van der Waals surface area contributed by atoms with Crippen LogP contribution in [0, 0.1) is 5.92 Å². The van der Waals surface area contributed by atoms with E-state index in [-0.39, 0.29) is 12.0 Å². The molecule has 3 aromatic rings. The minimum Gasteiger partial charge on any atom is -0.390 e. The smallest absolute Gasteiger partial charge is 0.390 e. The third-order valence-electron chi connectivity index (χ3n) is 4.80. The number of aliphatic hydroxyl groups excluding tert-OH is 2. The van der Waals surface area contributed by atoms with Crippen LogP contribution >= 0.6 is 11.3 Å². The zero-order valence-corrected chi connectivity index (χ0v) is 15.0. The van der Waals surface area contributed by atoms with Crippen molar-refractivity contribution < 1.29 is 23.4 Å².